The summed E-state index contributed by atoms with van der Waals surface area (Å²) in [6, 6.07) is 6.84. The molecular weight excluding hydrogens is 429 g/mol. The van der Waals surface area contributed by atoms with Crippen LogP contribution in [0.2, 0.25) is 0 Å². The van der Waals surface area contributed by atoms with E-state index in [4.69, 9.17) is 0 Å². The molecule has 0 spiro atoms. The van der Waals surface area contributed by atoms with Crippen molar-refractivity contribution in [2.24, 2.45) is 0 Å². The topological polar surface area (TPSA) is 39.1 Å². The van der Waals surface area contributed by atoms with Crippen LogP contribution >= 0.6 is 38.5 Å². The van der Waals surface area contributed by atoms with E-state index in [9.17, 15) is 8.42 Å². The number of hydrogen-bond donors (Lipinski definition) is 0. The van der Waals surface area contributed by atoms with Gasteiger partial charge in [-0.1, -0.05) is 17.7 Å². The fourth-order valence-electron chi connectivity index (χ4n) is 1.52. The molecule has 96 valence electrons. The van der Waals surface area contributed by atoms with Crippen molar-refractivity contribution in [1.29, 1.82) is 0 Å². The molecule has 1 aromatic heterocycles. The van der Waals surface area contributed by atoms with Crippen LogP contribution in [-0.4, -0.2) is 12.4 Å². The molecule has 0 amide bonds. The van der Waals surface area contributed by atoms with Crippen LogP contribution in [0.4, 0.5) is 0 Å². The average Bonchev–Trinajstić information content (AvgIpc) is 2.58. The number of halogens is 2. The van der Waals surface area contributed by atoms with Gasteiger partial charge in [-0.05, 0) is 70.1 Å². The van der Waals surface area contributed by atoms with Crippen molar-refractivity contribution in [3.63, 3.8) is 0 Å². The van der Waals surface area contributed by atoms with Crippen molar-refractivity contribution in [3.05, 3.63) is 49.8 Å². The van der Waals surface area contributed by atoms with Crippen LogP contribution in [-0.2, 0) is 10.0 Å². The third-order valence-corrected chi connectivity index (χ3v) is 6.64. The van der Waals surface area contributed by atoms with E-state index < -0.39 is 10.0 Å². The Bertz CT molecular complexity index is 690. The van der Waals surface area contributed by atoms with Crippen LogP contribution in [0.3, 0.4) is 0 Å². The lowest BCUT2D eigenvalue weighted by atomic mass is 10.2. The van der Waals surface area contributed by atoms with Crippen molar-refractivity contribution >= 4 is 48.5 Å². The van der Waals surface area contributed by atoms with Gasteiger partial charge in [-0.2, -0.15) is 0 Å². The van der Waals surface area contributed by atoms with E-state index >= 15 is 0 Å². The quantitative estimate of drug-likeness (QED) is 0.669. The molecule has 0 saturated carbocycles. The Morgan fingerprint density at radius 2 is 1.72 bits per heavy atom. The lowest BCUT2D eigenvalue weighted by Crippen LogP contribution is -2.12. The molecule has 0 aliphatic carbocycles. The van der Waals surface area contributed by atoms with Gasteiger partial charge in [0.2, 0.25) is 0 Å². The molecule has 0 N–H and O–H groups in total. The van der Waals surface area contributed by atoms with Crippen LogP contribution in [0.5, 0.6) is 0 Å². The molecule has 1 heterocycles. The third kappa shape index (κ3) is 2.37. The van der Waals surface area contributed by atoms with Gasteiger partial charge in [-0.15, -0.1) is 0 Å². The minimum atomic E-state index is -3.52. The highest BCUT2D eigenvalue weighted by Crippen LogP contribution is 2.28. The highest BCUT2D eigenvalue weighted by molar-refractivity contribution is 14.1. The molecular formula is C12H11BrINO2S. The second-order valence-corrected chi connectivity index (χ2v) is 7.74. The van der Waals surface area contributed by atoms with Gasteiger partial charge in [0, 0.05) is 9.77 Å². The second kappa shape index (κ2) is 4.97. The monoisotopic (exact) mass is 439 g/mol. The summed E-state index contributed by atoms with van der Waals surface area (Å²) >= 11 is 5.45. The predicted octanol–water partition coefficient (Wildman–Crippen LogP) is 3.71. The zero-order valence-electron chi connectivity index (χ0n) is 9.81. The predicted molar refractivity (Wildman–Crippen MR) is 83.3 cm³/mol. The minimum absolute atomic E-state index is 0.292. The van der Waals surface area contributed by atoms with Crippen molar-refractivity contribution in [3.8, 4) is 0 Å². The van der Waals surface area contributed by atoms with Crippen LogP contribution in [0, 0.1) is 17.4 Å². The Hall–Kier alpha value is -0.340. The largest absolute Gasteiger partial charge is 0.268 e. The summed E-state index contributed by atoms with van der Waals surface area (Å²) in [5, 5.41) is 0. The van der Waals surface area contributed by atoms with Gasteiger partial charge < -0.3 is 0 Å². The van der Waals surface area contributed by atoms with E-state index in [1.807, 2.05) is 13.8 Å². The SMILES string of the molecule is Cc1ccc(S(=O)(=O)n2cc(I)c(C)c2Br)cc1. The first kappa shape index (κ1) is 14.1. The maximum absolute atomic E-state index is 12.5. The van der Waals surface area contributed by atoms with Crippen molar-refractivity contribution in [2.45, 2.75) is 18.7 Å². The van der Waals surface area contributed by atoms with Gasteiger partial charge >= 0.3 is 0 Å². The highest BCUT2D eigenvalue weighted by Gasteiger charge is 2.21. The zero-order chi connectivity index (χ0) is 13.5. The number of rotatable bonds is 2. The molecule has 0 bridgehead atoms. The van der Waals surface area contributed by atoms with E-state index in [1.165, 1.54) is 3.97 Å². The Morgan fingerprint density at radius 3 is 2.17 bits per heavy atom. The molecule has 0 radical (unpaired) electrons. The number of hydrogen-bond acceptors (Lipinski definition) is 2. The van der Waals surface area contributed by atoms with E-state index in [0.29, 0.717) is 9.50 Å². The van der Waals surface area contributed by atoms with Crippen LogP contribution in [0.15, 0.2) is 40.0 Å². The standard InChI is InChI=1S/C12H11BrINO2S/c1-8-3-5-10(6-4-8)18(16,17)15-7-11(14)9(2)12(15)13/h3-7H,1-2H3. The summed E-state index contributed by atoms with van der Waals surface area (Å²) in [7, 11) is -3.52. The molecule has 0 atom stereocenters. The summed E-state index contributed by atoms with van der Waals surface area (Å²) in [5.74, 6) is 0. The first-order chi connectivity index (χ1) is 8.34. The number of aromatic nitrogens is 1. The summed E-state index contributed by atoms with van der Waals surface area (Å²) < 4.78 is 27.7. The van der Waals surface area contributed by atoms with Gasteiger partial charge in [0.15, 0.2) is 0 Å². The van der Waals surface area contributed by atoms with Gasteiger partial charge in [0.1, 0.15) is 4.60 Å². The van der Waals surface area contributed by atoms with Gasteiger partial charge in [-0.25, -0.2) is 12.4 Å². The summed E-state index contributed by atoms with van der Waals surface area (Å²) in [6.45, 7) is 3.81. The molecule has 3 nitrogen and oxygen atoms in total. The average molecular weight is 440 g/mol. The van der Waals surface area contributed by atoms with E-state index in [0.717, 1.165) is 14.7 Å². The van der Waals surface area contributed by atoms with Crippen molar-refractivity contribution < 1.29 is 8.42 Å². The fourth-order valence-corrected chi connectivity index (χ4v) is 4.80. The molecule has 18 heavy (non-hydrogen) atoms. The number of aryl methyl sites for hydroxylation is 1. The second-order valence-electron chi connectivity index (χ2n) is 4.01. The molecule has 0 fully saturated rings. The Balaban J connectivity index is 2.61. The number of benzene rings is 1. The first-order valence-electron chi connectivity index (χ1n) is 5.19. The number of nitrogens with zero attached hydrogens (tertiary/aromatic N) is 1. The minimum Gasteiger partial charge on any atom is -0.234 e. The van der Waals surface area contributed by atoms with Gasteiger partial charge in [0.25, 0.3) is 10.0 Å². The normalized spacial score (nSPS) is 11.8. The van der Waals surface area contributed by atoms with Gasteiger partial charge in [-0.3, -0.25) is 0 Å². The van der Waals surface area contributed by atoms with E-state index in [1.54, 1.807) is 30.5 Å². The third-order valence-electron chi connectivity index (χ3n) is 2.67. The zero-order valence-corrected chi connectivity index (χ0v) is 14.4. The highest BCUT2D eigenvalue weighted by atomic mass is 127. The molecule has 0 saturated heterocycles. The fraction of sp³-hybridized carbons (Fsp3) is 0.167. The summed E-state index contributed by atoms with van der Waals surface area (Å²) in [6.07, 6.45) is 1.62. The molecule has 0 aliphatic heterocycles. The Kier molecular flexibility index (Phi) is 3.89. The molecule has 2 aromatic rings. The Morgan fingerprint density at radius 1 is 1.17 bits per heavy atom. The molecule has 0 aliphatic rings. The van der Waals surface area contributed by atoms with Crippen molar-refractivity contribution in [1.82, 2.24) is 3.97 Å². The molecule has 6 heteroatoms. The molecule has 0 unspecified atom stereocenters. The van der Waals surface area contributed by atoms with Crippen LogP contribution < -0.4 is 0 Å². The van der Waals surface area contributed by atoms with E-state index in [2.05, 4.69) is 38.5 Å². The van der Waals surface area contributed by atoms with Crippen LogP contribution in [0.1, 0.15) is 11.1 Å². The maximum Gasteiger partial charge on any atom is 0.268 e. The summed E-state index contributed by atoms with van der Waals surface area (Å²) in [4.78, 5) is 0.292. The van der Waals surface area contributed by atoms with Gasteiger partial charge in [0.05, 0.1) is 4.90 Å². The van der Waals surface area contributed by atoms with E-state index in [-0.39, 0.29) is 0 Å². The van der Waals surface area contributed by atoms with Crippen LogP contribution in [0.25, 0.3) is 0 Å². The lowest BCUT2D eigenvalue weighted by Gasteiger charge is -2.07. The summed E-state index contributed by atoms with van der Waals surface area (Å²) in [5.41, 5.74) is 1.96. The van der Waals surface area contributed by atoms with Crippen molar-refractivity contribution in [2.75, 3.05) is 0 Å². The molecule has 1 aromatic carbocycles. The smallest absolute Gasteiger partial charge is 0.234 e. The lowest BCUT2D eigenvalue weighted by molar-refractivity contribution is 0.586. The molecule has 2 rings (SSSR count). The first-order valence-corrected chi connectivity index (χ1v) is 8.50. The maximum atomic E-state index is 12.5. The Labute approximate surface area is 129 Å².